The van der Waals surface area contributed by atoms with Gasteiger partial charge < -0.3 is 20.7 Å². The molecule has 0 aliphatic heterocycles. The first-order chi connectivity index (χ1) is 17.3. The van der Waals surface area contributed by atoms with Crippen LogP contribution < -0.4 is 16.1 Å². The molecule has 0 saturated carbocycles. The molecular weight excluding hydrogens is 569 g/mol. The number of nitrogens with one attached hydrogen (secondary N) is 3. The van der Waals surface area contributed by atoms with Crippen LogP contribution in [0, 0.1) is 3.57 Å². The highest BCUT2D eigenvalue weighted by molar-refractivity contribution is 14.1. The lowest BCUT2D eigenvalue weighted by atomic mass is 10.0. The summed E-state index contributed by atoms with van der Waals surface area (Å²) >= 11 is 2.03. The monoisotopic (exact) mass is 595 g/mol. The summed E-state index contributed by atoms with van der Waals surface area (Å²) in [5.74, 6) is -1.45. The van der Waals surface area contributed by atoms with E-state index in [1.807, 2.05) is 59.8 Å². The first-order valence-corrected chi connectivity index (χ1v) is 12.7. The number of carbonyl (C=O) groups excluding carboxylic acids is 1. The Bertz CT molecular complexity index is 1480. The van der Waals surface area contributed by atoms with Gasteiger partial charge in [0.2, 0.25) is 5.43 Å². The fourth-order valence-corrected chi connectivity index (χ4v) is 4.84. The molecule has 3 aromatic carbocycles. The number of carboxylic acids is 1. The highest BCUT2D eigenvalue weighted by atomic mass is 127. The Balaban J connectivity index is 1.41. The van der Waals surface area contributed by atoms with Crippen LogP contribution in [-0.2, 0) is 6.42 Å². The maximum absolute atomic E-state index is 12.7. The molecule has 0 aliphatic carbocycles. The van der Waals surface area contributed by atoms with E-state index in [-0.39, 0.29) is 17.5 Å². The Morgan fingerprint density at radius 2 is 1.64 bits per heavy atom. The maximum atomic E-state index is 12.7. The van der Waals surface area contributed by atoms with Crippen LogP contribution in [0.15, 0.2) is 71.7 Å². The third kappa shape index (κ3) is 5.43. The predicted molar refractivity (Wildman–Crippen MR) is 151 cm³/mol. The maximum Gasteiger partial charge on any atom is 0.341 e. The number of rotatable bonds is 8. The normalized spacial score (nSPS) is 11.8. The quantitative estimate of drug-likeness (QED) is 0.207. The fourth-order valence-electron chi connectivity index (χ4n) is 3.93. The molecule has 1 atom stereocenters. The van der Waals surface area contributed by atoms with E-state index in [0.717, 1.165) is 17.5 Å². The van der Waals surface area contributed by atoms with Crippen molar-refractivity contribution in [3.8, 4) is 11.1 Å². The number of anilines is 1. The van der Waals surface area contributed by atoms with Gasteiger partial charge in [-0.15, -0.1) is 0 Å². The molecule has 4 N–H and O–H groups in total. The first kappa shape index (κ1) is 25.4. The van der Waals surface area contributed by atoms with Gasteiger partial charge in [0.05, 0.1) is 10.9 Å². The van der Waals surface area contributed by atoms with Gasteiger partial charge in [-0.25, -0.2) is 4.79 Å². The highest BCUT2D eigenvalue weighted by Gasteiger charge is 2.16. The van der Waals surface area contributed by atoms with Gasteiger partial charge in [0.1, 0.15) is 5.56 Å². The number of carbonyl (C=O) groups is 2. The van der Waals surface area contributed by atoms with Gasteiger partial charge in [-0.2, -0.15) is 0 Å². The molecule has 7 nitrogen and oxygen atoms in total. The molecule has 1 heterocycles. The molecule has 4 rings (SSSR count). The van der Waals surface area contributed by atoms with Crippen molar-refractivity contribution in [1.82, 2.24) is 10.3 Å². The van der Waals surface area contributed by atoms with Crippen molar-refractivity contribution in [2.24, 2.45) is 0 Å². The second-order valence-corrected chi connectivity index (χ2v) is 9.65. The van der Waals surface area contributed by atoms with Crippen LogP contribution in [-0.4, -0.2) is 34.6 Å². The van der Waals surface area contributed by atoms with Crippen molar-refractivity contribution >= 4 is 51.1 Å². The van der Waals surface area contributed by atoms with Crippen molar-refractivity contribution in [1.29, 1.82) is 0 Å². The Hall–Kier alpha value is -3.66. The van der Waals surface area contributed by atoms with Crippen molar-refractivity contribution < 1.29 is 14.7 Å². The van der Waals surface area contributed by atoms with Gasteiger partial charge in [-0.1, -0.05) is 43.3 Å². The van der Waals surface area contributed by atoms with E-state index in [0.29, 0.717) is 32.3 Å². The Labute approximate surface area is 222 Å². The van der Waals surface area contributed by atoms with Crippen molar-refractivity contribution in [2.75, 3.05) is 11.9 Å². The van der Waals surface area contributed by atoms with E-state index in [4.69, 9.17) is 0 Å². The van der Waals surface area contributed by atoms with Gasteiger partial charge >= 0.3 is 5.97 Å². The molecule has 184 valence electrons. The van der Waals surface area contributed by atoms with E-state index in [1.54, 1.807) is 6.07 Å². The Morgan fingerprint density at radius 1 is 1.00 bits per heavy atom. The number of fused-ring (bicyclic) bond motifs is 1. The van der Waals surface area contributed by atoms with Crippen LogP contribution in [0.1, 0.15) is 40.1 Å². The summed E-state index contributed by atoms with van der Waals surface area (Å²) in [4.78, 5) is 39.6. The van der Waals surface area contributed by atoms with E-state index in [2.05, 4.69) is 46.8 Å². The lowest BCUT2D eigenvalue weighted by Crippen LogP contribution is -2.37. The average Bonchev–Trinajstić information content (AvgIpc) is 2.88. The van der Waals surface area contributed by atoms with Crippen LogP contribution in [0.25, 0.3) is 22.0 Å². The lowest BCUT2D eigenvalue weighted by Gasteiger charge is -2.17. The molecule has 0 radical (unpaired) electrons. The minimum atomic E-state index is -1.27. The largest absolute Gasteiger partial charge is 0.477 e. The standard InChI is InChI=1S/C28H26IN3O4/c1-3-17-4-6-18(7-5-17)19-8-10-20(11-9-19)27(34)32-16(2)14-30-23-13-12-22-24(25(23)29)26(33)21(15-31-22)28(35)36/h4-13,15-16,30H,3,14H2,1-2H3,(H,31,33)(H,32,34)(H,35,36)/t16-/m0/s1. The molecule has 8 heteroatoms. The number of benzene rings is 3. The number of halogens is 1. The van der Waals surface area contributed by atoms with E-state index < -0.39 is 11.4 Å². The number of aryl methyl sites for hydroxylation is 1. The number of amides is 1. The van der Waals surface area contributed by atoms with Gasteiger partial charge in [0.15, 0.2) is 0 Å². The van der Waals surface area contributed by atoms with E-state index in [1.165, 1.54) is 11.8 Å². The zero-order valence-corrected chi connectivity index (χ0v) is 22.0. The minimum Gasteiger partial charge on any atom is -0.477 e. The van der Waals surface area contributed by atoms with Crippen molar-refractivity contribution in [2.45, 2.75) is 26.3 Å². The number of aromatic carboxylic acids is 1. The fraction of sp³-hybridized carbons (Fsp3) is 0.179. The zero-order chi connectivity index (χ0) is 25.8. The highest BCUT2D eigenvalue weighted by Crippen LogP contribution is 2.25. The summed E-state index contributed by atoms with van der Waals surface area (Å²) < 4.78 is 0.621. The average molecular weight is 595 g/mol. The van der Waals surface area contributed by atoms with Gasteiger partial charge in [0.25, 0.3) is 5.91 Å². The predicted octanol–water partition coefficient (Wildman–Crippen LogP) is 5.29. The Kier molecular flexibility index (Phi) is 7.73. The van der Waals surface area contributed by atoms with Gasteiger partial charge in [-0.05, 0) is 76.9 Å². The third-order valence-corrected chi connectivity index (χ3v) is 7.16. The second-order valence-electron chi connectivity index (χ2n) is 8.57. The van der Waals surface area contributed by atoms with Crippen LogP contribution in [0.4, 0.5) is 5.69 Å². The number of hydrogen-bond donors (Lipinski definition) is 4. The molecule has 4 aromatic rings. The summed E-state index contributed by atoms with van der Waals surface area (Å²) in [6.45, 7) is 4.43. The smallest absolute Gasteiger partial charge is 0.341 e. The molecule has 0 bridgehead atoms. The summed E-state index contributed by atoms with van der Waals surface area (Å²) in [5.41, 5.74) is 4.43. The van der Waals surface area contributed by atoms with Gasteiger partial charge in [-0.3, -0.25) is 9.59 Å². The topological polar surface area (TPSA) is 111 Å². The number of aromatic amines is 1. The number of pyridine rings is 1. The molecular formula is C28H26IN3O4. The van der Waals surface area contributed by atoms with Crippen LogP contribution in [0.2, 0.25) is 0 Å². The lowest BCUT2D eigenvalue weighted by molar-refractivity contribution is 0.0695. The zero-order valence-electron chi connectivity index (χ0n) is 19.9. The molecule has 0 saturated heterocycles. The molecule has 36 heavy (non-hydrogen) atoms. The van der Waals surface area contributed by atoms with Crippen molar-refractivity contribution in [3.63, 3.8) is 0 Å². The number of carboxylic acid groups (broad SMARTS) is 1. The summed E-state index contributed by atoms with van der Waals surface area (Å²) in [7, 11) is 0. The molecule has 1 amide bonds. The summed E-state index contributed by atoms with van der Waals surface area (Å²) in [5, 5.41) is 15.8. The number of H-pyrrole nitrogens is 1. The minimum absolute atomic E-state index is 0.173. The third-order valence-electron chi connectivity index (χ3n) is 6.03. The van der Waals surface area contributed by atoms with Crippen LogP contribution in [0.3, 0.4) is 0 Å². The Morgan fingerprint density at radius 3 is 2.25 bits per heavy atom. The number of hydrogen-bond acceptors (Lipinski definition) is 4. The SMILES string of the molecule is CCc1ccc(-c2ccc(C(=O)N[C@@H](C)CNc3ccc4[nH]cc(C(=O)O)c(=O)c4c3I)cc2)cc1. The van der Waals surface area contributed by atoms with E-state index >= 15 is 0 Å². The molecule has 0 unspecified atom stereocenters. The summed E-state index contributed by atoms with van der Waals surface area (Å²) in [6, 6.07) is 19.3. The van der Waals surface area contributed by atoms with Crippen molar-refractivity contribution in [3.05, 3.63) is 97.3 Å². The summed E-state index contributed by atoms with van der Waals surface area (Å²) in [6.07, 6.45) is 2.21. The van der Waals surface area contributed by atoms with Crippen LogP contribution >= 0.6 is 22.6 Å². The molecule has 0 spiro atoms. The second kappa shape index (κ2) is 10.9. The molecule has 1 aromatic heterocycles. The van der Waals surface area contributed by atoms with Gasteiger partial charge in [0, 0.05) is 33.6 Å². The molecule has 0 fully saturated rings. The molecule has 0 aliphatic rings. The number of aromatic nitrogens is 1. The first-order valence-electron chi connectivity index (χ1n) is 11.6. The van der Waals surface area contributed by atoms with E-state index in [9.17, 15) is 19.5 Å². The van der Waals surface area contributed by atoms with Crippen LogP contribution in [0.5, 0.6) is 0 Å².